The van der Waals surface area contributed by atoms with E-state index in [2.05, 4.69) is 42.5 Å². The fraction of sp³-hybridized carbons (Fsp3) is 0.105. The van der Waals surface area contributed by atoms with Crippen molar-refractivity contribution in [2.75, 3.05) is 18.1 Å². The number of ether oxygens (including phenoxy) is 4. The Bertz CT molecular complexity index is 1610. The van der Waals surface area contributed by atoms with Crippen LogP contribution in [0.3, 0.4) is 0 Å². The molecule has 7 nitrogen and oxygen atoms in total. The van der Waals surface area contributed by atoms with Crippen molar-refractivity contribution in [3.8, 4) is 11.5 Å². The third-order valence-corrected chi connectivity index (χ3v) is 6.75. The fourth-order valence-corrected chi connectivity index (χ4v) is 4.72. The van der Waals surface area contributed by atoms with Crippen molar-refractivity contribution in [1.82, 2.24) is 0 Å². The zero-order valence-electron chi connectivity index (χ0n) is 25.1. The third-order valence-electron chi connectivity index (χ3n) is 6.75. The summed E-state index contributed by atoms with van der Waals surface area (Å²) in [5.74, 6) is 0.732. The molecule has 0 heterocycles. The zero-order chi connectivity index (χ0) is 31.4. The summed E-state index contributed by atoms with van der Waals surface area (Å²) in [5.41, 5.74) is 6.96. The predicted octanol–water partition coefficient (Wildman–Crippen LogP) is 9.82. The number of anilines is 3. The average Bonchev–Trinajstić information content (AvgIpc) is 3.07. The predicted molar refractivity (Wildman–Crippen MR) is 176 cm³/mol. The van der Waals surface area contributed by atoms with Gasteiger partial charge in [0.05, 0.1) is 13.2 Å². The molecule has 0 aromatic heterocycles. The second-order valence-electron chi connectivity index (χ2n) is 9.77. The largest absolute Gasteiger partial charge is 0.513 e. The summed E-state index contributed by atoms with van der Waals surface area (Å²) in [6, 6.07) is 43.1. The van der Waals surface area contributed by atoms with Gasteiger partial charge in [-0.25, -0.2) is 9.59 Å². The van der Waals surface area contributed by atoms with Crippen LogP contribution in [0.4, 0.5) is 26.7 Å². The van der Waals surface area contributed by atoms with Crippen LogP contribution in [0, 0.1) is 0 Å². The van der Waals surface area contributed by atoms with Crippen LogP contribution in [0.25, 0.3) is 11.6 Å². The highest BCUT2D eigenvalue weighted by Gasteiger charge is 2.15. The maximum atomic E-state index is 11.8. The lowest BCUT2D eigenvalue weighted by molar-refractivity contribution is 0.103. The SMILES string of the molecule is CCOC(=O)Oc1ccc(N(c2ccc(C=C(c3ccccc3)c3ccccc3)cc2)c2ccc(OC(=O)OCC)cc2)cc1. The van der Waals surface area contributed by atoms with E-state index in [0.29, 0.717) is 11.5 Å². The lowest BCUT2D eigenvalue weighted by Gasteiger charge is -2.26. The minimum absolute atomic E-state index is 0.226. The van der Waals surface area contributed by atoms with Crippen LogP contribution in [-0.4, -0.2) is 25.5 Å². The van der Waals surface area contributed by atoms with E-state index >= 15 is 0 Å². The molecule has 226 valence electrons. The smallest absolute Gasteiger partial charge is 0.434 e. The first kappa shape index (κ1) is 30.6. The summed E-state index contributed by atoms with van der Waals surface area (Å²) in [4.78, 5) is 25.7. The maximum absolute atomic E-state index is 11.8. The number of rotatable bonds is 10. The van der Waals surface area contributed by atoms with Gasteiger partial charge in [-0.1, -0.05) is 72.8 Å². The van der Waals surface area contributed by atoms with Crippen LogP contribution in [0.5, 0.6) is 11.5 Å². The van der Waals surface area contributed by atoms with E-state index in [1.165, 1.54) is 0 Å². The molecule has 0 bridgehead atoms. The molecule has 0 aliphatic carbocycles. The quantitative estimate of drug-likeness (QED) is 0.0898. The van der Waals surface area contributed by atoms with Gasteiger partial charge < -0.3 is 23.8 Å². The van der Waals surface area contributed by atoms with Gasteiger partial charge in [0.25, 0.3) is 0 Å². The van der Waals surface area contributed by atoms with Crippen LogP contribution in [0.15, 0.2) is 133 Å². The van der Waals surface area contributed by atoms with E-state index in [9.17, 15) is 9.59 Å². The monoisotopic (exact) mass is 599 g/mol. The molecule has 0 spiro atoms. The molecular formula is C38H33NO6. The number of hydrogen-bond acceptors (Lipinski definition) is 7. The topological polar surface area (TPSA) is 74.3 Å². The summed E-state index contributed by atoms with van der Waals surface area (Å²) < 4.78 is 20.3. The Morgan fingerprint density at radius 2 is 0.911 bits per heavy atom. The molecule has 5 aromatic rings. The van der Waals surface area contributed by atoms with Crippen LogP contribution < -0.4 is 14.4 Å². The first-order chi connectivity index (χ1) is 22.0. The minimum atomic E-state index is -0.756. The molecule has 0 N–H and O–H groups in total. The van der Waals surface area contributed by atoms with E-state index in [1.807, 2.05) is 77.7 Å². The first-order valence-corrected chi connectivity index (χ1v) is 14.7. The van der Waals surface area contributed by atoms with Crippen LogP contribution in [-0.2, 0) is 9.47 Å². The van der Waals surface area contributed by atoms with Crippen molar-refractivity contribution in [2.24, 2.45) is 0 Å². The summed E-state index contributed by atoms with van der Waals surface area (Å²) in [6.45, 7) is 3.89. The van der Waals surface area contributed by atoms with Crippen molar-refractivity contribution in [3.05, 3.63) is 150 Å². The van der Waals surface area contributed by atoms with Crippen molar-refractivity contribution in [3.63, 3.8) is 0 Å². The molecule has 0 radical (unpaired) electrons. The van der Waals surface area contributed by atoms with Crippen molar-refractivity contribution in [1.29, 1.82) is 0 Å². The molecule has 0 fully saturated rings. The van der Waals surface area contributed by atoms with Crippen LogP contribution >= 0.6 is 0 Å². The second-order valence-corrected chi connectivity index (χ2v) is 9.77. The molecule has 0 aliphatic rings. The van der Waals surface area contributed by atoms with Gasteiger partial charge in [0, 0.05) is 17.1 Å². The molecule has 0 atom stereocenters. The number of benzene rings is 5. The van der Waals surface area contributed by atoms with Crippen LogP contribution in [0.1, 0.15) is 30.5 Å². The van der Waals surface area contributed by atoms with Gasteiger partial charge in [0.1, 0.15) is 11.5 Å². The first-order valence-electron chi connectivity index (χ1n) is 14.7. The lowest BCUT2D eigenvalue weighted by atomic mass is 9.95. The van der Waals surface area contributed by atoms with Gasteiger partial charge in [-0.15, -0.1) is 0 Å². The molecule has 5 aromatic carbocycles. The average molecular weight is 600 g/mol. The number of hydrogen-bond donors (Lipinski definition) is 0. The summed E-state index contributed by atoms with van der Waals surface area (Å²) in [6.07, 6.45) is 0.670. The Morgan fingerprint density at radius 3 is 1.29 bits per heavy atom. The summed E-state index contributed by atoms with van der Waals surface area (Å²) in [7, 11) is 0. The van der Waals surface area contributed by atoms with Crippen LogP contribution in [0.2, 0.25) is 0 Å². The number of nitrogens with zero attached hydrogens (tertiary/aromatic N) is 1. The van der Waals surface area contributed by atoms with Crippen molar-refractivity contribution in [2.45, 2.75) is 13.8 Å². The van der Waals surface area contributed by atoms with Gasteiger partial charge in [-0.05, 0) is 103 Å². The molecule has 0 saturated carbocycles. The standard InChI is InChI=1S/C38H33NO6/c1-3-42-37(40)44-34-23-19-32(20-24-34)39(33-21-25-35(26-22-33)45-38(41)43-4-2)31-17-15-28(16-18-31)27-36(29-11-7-5-8-12-29)30-13-9-6-10-14-30/h5-27H,3-4H2,1-2H3. The Hall–Kier alpha value is -5.82. The minimum Gasteiger partial charge on any atom is -0.434 e. The fourth-order valence-electron chi connectivity index (χ4n) is 4.72. The van der Waals surface area contributed by atoms with Gasteiger partial charge in [0.15, 0.2) is 0 Å². The molecule has 45 heavy (non-hydrogen) atoms. The van der Waals surface area contributed by atoms with E-state index in [0.717, 1.165) is 39.3 Å². The Kier molecular flexibility index (Phi) is 10.3. The lowest BCUT2D eigenvalue weighted by Crippen LogP contribution is -2.12. The van der Waals surface area contributed by atoms with E-state index in [-0.39, 0.29) is 13.2 Å². The highest BCUT2D eigenvalue weighted by Crippen LogP contribution is 2.37. The molecule has 0 saturated heterocycles. The number of carbonyl (C=O) groups is 2. The summed E-state index contributed by atoms with van der Waals surface area (Å²) in [5, 5.41) is 0. The zero-order valence-corrected chi connectivity index (χ0v) is 25.1. The molecule has 5 rings (SSSR count). The van der Waals surface area contributed by atoms with Crippen molar-refractivity contribution < 1.29 is 28.5 Å². The molecule has 7 heteroatoms. The van der Waals surface area contributed by atoms with E-state index < -0.39 is 12.3 Å². The number of carbonyl (C=O) groups excluding carboxylic acids is 2. The Labute approximate surface area is 262 Å². The summed E-state index contributed by atoms with van der Waals surface area (Å²) >= 11 is 0. The van der Waals surface area contributed by atoms with Gasteiger partial charge >= 0.3 is 12.3 Å². The normalized spacial score (nSPS) is 10.4. The molecule has 0 aliphatic heterocycles. The third kappa shape index (κ3) is 8.18. The van der Waals surface area contributed by atoms with Crippen molar-refractivity contribution >= 4 is 41.0 Å². The van der Waals surface area contributed by atoms with Gasteiger partial charge in [-0.3, -0.25) is 0 Å². The highest BCUT2D eigenvalue weighted by molar-refractivity contribution is 5.91. The Balaban J connectivity index is 1.48. The van der Waals surface area contributed by atoms with Gasteiger partial charge in [0.2, 0.25) is 0 Å². The molecule has 0 unspecified atom stereocenters. The maximum Gasteiger partial charge on any atom is 0.513 e. The molecule has 0 amide bonds. The molecular weight excluding hydrogens is 566 g/mol. The Morgan fingerprint density at radius 1 is 0.533 bits per heavy atom. The van der Waals surface area contributed by atoms with E-state index in [1.54, 1.807) is 38.1 Å². The van der Waals surface area contributed by atoms with E-state index in [4.69, 9.17) is 18.9 Å². The van der Waals surface area contributed by atoms with Gasteiger partial charge in [-0.2, -0.15) is 0 Å². The highest BCUT2D eigenvalue weighted by atomic mass is 16.7. The second kappa shape index (κ2) is 15.1.